The van der Waals surface area contributed by atoms with Crippen LogP contribution in [0.25, 0.3) is 0 Å². The number of anilines is 1. The summed E-state index contributed by atoms with van der Waals surface area (Å²) in [6.45, 7) is 0.967. The minimum Gasteiger partial charge on any atom is -0.379 e. The molecule has 2 aromatic rings. The van der Waals surface area contributed by atoms with Crippen molar-refractivity contribution in [2.24, 2.45) is 0 Å². The number of nitrogens with one attached hydrogen (secondary N) is 4. The molecule has 0 atom stereocenters. The van der Waals surface area contributed by atoms with Crippen LogP contribution in [0.2, 0.25) is 0 Å². The van der Waals surface area contributed by atoms with Crippen LogP contribution in [0.15, 0.2) is 53.4 Å². The van der Waals surface area contributed by atoms with E-state index in [4.69, 9.17) is 17.0 Å². The monoisotopic (exact) mass is 495 g/mol. The molecule has 0 unspecified atom stereocenters. The molecule has 176 valence electrons. The lowest BCUT2D eigenvalue weighted by molar-refractivity contribution is -0.120. The van der Waals surface area contributed by atoms with Crippen molar-refractivity contribution < 1.29 is 27.1 Å². The highest BCUT2D eigenvalue weighted by Crippen LogP contribution is 2.19. The molecule has 10 nitrogen and oxygen atoms in total. The van der Waals surface area contributed by atoms with E-state index in [0.717, 1.165) is 6.07 Å². The first-order chi connectivity index (χ1) is 15.8. The Bertz CT molecular complexity index is 1120. The van der Waals surface area contributed by atoms with Crippen molar-refractivity contribution in [3.05, 3.63) is 59.9 Å². The lowest BCUT2D eigenvalue weighted by atomic mass is 10.2. The Morgan fingerprint density at radius 3 is 2.42 bits per heavy atom. The van der Waals surface area contributed by atoms with Crippen LogP contribution in [0.3, 0.4) is 0 Å². The Balaban J connectivity index is 1.43. The van der Waals surface area contributed by atoms with Crippen molar-refractivity contribution in [2.75, 3.05) is 38.2 Å². The standard InChI is InChI=1S/C20H22FN5O5S2/c21-15-3-1-2-14(12-15)19(28)22-13-18(27)24-25-20(32)23-16-4-6-17(7-5-16)33(29,30)26-8-10-31-11-9-26/h1-7,12H,8-11,13H2,(H,22,28)(H,24,27)(H2,23,25,32). The van der Waals surface area contributed by atoms with Gasteiger partial charge in [0.05, 0.1) is 24.7 Å². The van der Waals surface area contributed by atoms with Crippen LogP contribution >= 0.6 is 12.2 Å². The van der Waals surface area contributed by atoms with E-state index < -0.39 is 27.7 Å². The lowest BCUT2D eigenvalue weighted by Gasteiger charge is -2.26. The van der Waals surface area contributed by atoms with Gasteiger partial charge in [0.2, 0.25) is 10.0 Å². The zero-order valence-electron chi connectivity index (χ0n) is 17.3. The van der Waals surface area contributed by atoms with E-state index >= 15 is 0 Å². The molecule has 1 saturated heterocycles. The van der Waals surface area contributed by atoms with Gasteiger partial charge >= 0.3 is 0 Å². The number of morpholine rings is 1. The minimum atomic E-state index is -3.60. The van der Waals surface area contributed by atoms with Crippen LogP contribution in [0.4, 0.5) is 10.1 Å². The first-order valence-corrected chi connectivity index (χ1v) is 11.7. The van der Waals surface area contributed by atoms with Crippen LogP contribution in [-0.2, 0) is 19.6 Å². The Kier molecular flexibility index (Phi) is 8.27. The van der Waals surface area contributed by atoms with Gasteiger partial charge in [-0.15, -0.1) is 0 Å². The van der Waals surface area contributed by atoms with Crippen LogP contribution in [0.1, 0.15) is 10.4 Å². The third-order valence-corrected chi connectivity index (χ3v) is 6.65. The molecule has 1 heterocycles. The average Bonchev–Trinajstić information content (AvgIpc) is 2.82. The summed E-state index contributed by atoms with van der Waals surface area (Å²) < 4.78 is 45.0. The summed E-state index contributed by atoms with van der Waals surface area (Å²) in [5.74, 6) is -1.75. The molecule has 0 aliphatic carbocycles. The molecule has 3 rings (SSSR count). The average molecular weight is 496 g/mol. The number of sulfonamides is 1. The second-order valence-corrected chi connectivity index (χ2v) is 9.21. The number of carbonyl (C=O) groups excluding carboxylic acids is 2. The van der Waals surface area contributed by atoms with Crippen molar-refractivity contribution in [1.29, 1.82) is 0 Å². The predicted octanol–water partition coefficient (Wildman–Crippen LogP) is 0.594. The summed E-state index contributed by atoms with van der Waals surface area (Å²) in [5.41, 5.74) is 5.36. The highest BCUT2D eigenvalue weighted by Gasteiger charge is 2.26. The molecular formula is C20H22FN5O5S2. The number of hydrazine groups is 1. The van der Waals surface area contributed by atoms with Gasteiger partial charge in [0.15, 0.2) is 5.11 Å². The lowest BCUT2D eigenvalue weighted by Crippen LogP contribution is -2.47. The van der Waals surface area contributed by atoms with Gasteiger partial charge in [-0.05, 0) is 54.7 Å². The van der Waals surface area contributed by atoms with Crippen molar-refractivity contribution >= 4 is 44.9 Å². The van der Waals surface area contributed by atoms with Gasteiger partial charge in [0.1, 0.15) is 5.82 Å². The fourth-order valence-corrected chi connectivity index (χ4v) is 4.45. The molecule has 0 aromatic heterocycles. The van der Waals surface area contributed by atoms with E-state index in [1.807, 2.05) is 0 Å². The zero-order valence-corrected chi connectivity index (χ0v) is 19.0. The maximum Gasteiger partial charge on any atom is 0.257 e. The molecule has 0 bridgehead atoms. The fourth-order valence-electron chi connectivity index (χ4n) is 2.87. The number of rotatable bonds is 6. The number of nitrogens with zero attached hydrogens (tertiary/aromatic N) is 1. The summed E-state index contributed by atoms with van der Waals surface area (Å²) >= 11 is 5.08. The first-order valence-electron chi connectivity index (χ1n) is 9.83. The quantitative estimate of drug-likeness (QED) is 0.339. The van der Waals surface area contributed by atoms with E-state index in [-0.39, 0.29) is 22.1 Å². The first kappa shape index (κ1) is 24.5. The normalized spacial score (nSPS) is 14.2. The minimum absolute atomic E-state index is 0.0450. The molecule has 0 spiro atoms. The number of halogens is 1. The van der Waals surface area contributed by atoms with Gasteiger partial charge in [-0.1, -0.05) is 6.07 Å². The molecule has 2 amide bonds. The van der Waals surface area contributed by atoms with Crippen molar-refractivity contribution in [3.8, 4) is 0 Å². The van der Waals surface area contributed by atoms with E-state index in [9.17, 15) is 22.4 Å². The van der Waals surface area contributed by atoms with E-state index in [1.54, 1.807) is 12.1 Å². The van der Waals surface area contributed by atoms with Gasteiger partial charge in [-0.25, -0.2) is 12.8 Å². The van der Waals surface area contributed by atoms with Gasteiger partial charge in [0, 0.05) is 24.3 Å². The van der Waals surface area contributed by atoms with E-state index in [2.05, 4.69) is 21.5 Å². The molecule has 1 fully saturated rings. The molecule has 33 heavy (non-hydrogen) atoms. The molecule has 13 heteroatoms. The summed E-state index contributed by atoms with van der Waals surface area (Å²) in [6.07, 6.45) is 0. The second-order valence-electron chi connectivity index (χ2n) is 6.86. The molecule has 0 saturated carbocycles. The Morgan fingerprint density at radius 1 is 1.06 bits per heavy atom. The topological polar surface area (TPSA) is 129 Å². The van der Waals surface area contributed by atoms with E-state index in [0.29, 0.717) is 32.0 Å². The van der Waals surface area contributed by atoms with Crippen LogP contribution in [-0.4, -0.2) is 62.5 Å². The van der Waals surface area contributed by atoms with Crippen molar-refractivity contribution in [3.63, 3.8) is 0 Å². The Morgan fingerprint density at radius 2 is 1.76 bits per heavy atom. The maximum absolute atomic E-state index is 13.2. The van der Waals surface area contributed by atoms with Gasteiger partial charge in [-0.3, -0.25) is 20.4 Å². The van der Waals surface area contributed by atoms with Crippen molar-refractivity contribution in [2.45, 2.75) is 4.90 Å². The number of thiocarbonyl (C=S) groups is 1. The second kappa shape index (κ2) is 11.1. The summed E-state index contributed by atoms with van der Waals surface area (Å²) in [6, 6.07) is 11.1. The fraction of sp³-hybridized carbons (Fsp3) is 0.250. The molecule has 1 aliphatic rings. The Labute approximate surface area is 195 Å². The van der Waals surface area contributed by atoms with Crippen LogP contribution in [0, 0.1) is 5.82 Å². The smallest absolute Gasteiger partial charge is 0.257 e. The number of amides is 2. The van der Waals surface area contributed by atoms with Gasteiger partial charge in [0.25, 0.3) is 11.8 Å². The molecule has 1 aliphatic heterocycles. The van der Waals surface area contributed by atoms with Gasteiger partial charge in [-0.2, -0.15) is 4.31 Å². The number of benzene rings is 2. The third-order valence-electron chi connectivity index (χ3n) is 4.53. The summed E-state index contributed by atoms with van der Waals surface area (Å²) in [4.78, 5) is 23.9. The van der Waals surface area contributed by atoms with Crippen molar-refractivity contribution in [1.82, 2.24) is 20.5 Å². The molecule has 4 N–H and O–H groups in total. The number of hydrogen-bond donors (Lipinski definition) is 4. The third kappa shape index (κ3) is 6.92. The predicted molar refractivity (Wildman–Crippen MR) is 122 cm³/mol. The highest BCUT2D eigenvalue weighted by atomic mass is 32.2. The van der Waals surface area contributed by atoms with Crippen LogP contribution in [0.5, 0.6) is 0 Å². The van der Waals surface area contributed by atoms with E-state index in [1.165, 1.54) is 34.6 Å². The Hall–Kier alpha value is -3.13. The molecule has 0 radical (unpaired) electrons. The van der Waals surface area contributed by atoms with Gasteiger partial charge < -0.3 is 15.4 Å². The number of ether oxygens (including phenoxy) is 1. The molecule has 2 aromatic carbocycles. The zero-order chi connectivity index (χ0) is 23.8. The molecular weight excluding hydrogens is 473 g/mol. The number of carbonyl (C=O) groups is 2. The highest BCUT2D eigenvalue weighted by molar-refractivity contribution is 7.89. The summed E-state index contributed by atoms with van der Waals surface area (Å²) in [5, 5.41) is 5.20. The summed E-state index contributed by atoms with van der Waals surface area (Å²) in [7, 11) is -3.60. The number of hydrogen-bond acceptors (Lipinski definition) is 6. The van der Waals surface area contributed by atoms with Crippen LogP contribution < -0.4 is 21.5 Å². The SMILES string of the molecule is O=C(CNC(=O)c1cccc(F)c1)NNC(=S)Nc1ccc(S(=O)(=O)N2CCOCC2)cc1. The maximum atomic E-state index is 13.2. The largest absolute Gasteiger partial charge is 0.379 e.